The smallest absolute Gasteiger partial charge is 0.0912 e. The Kier molecular flexibility index (Phi) is 4.07. The lowest BCUT2D eigenvalue weighted by Crippen LogP contribution is -1.81. The van der Waals surface area contributed by atoms with Crippen LogP contribution in [-0.4, -0.2) is 10.7 Å². The number of rotatable bonds is 3. The van der Waals surface area contributed by atoms with Crippen LogP contribution in [0.15, 0.2) is 29.4 Å². The Labute approximate surface area is 82.3 Å². The zero-order valence-electron chi connectivity index (χ0n) is 7.40. The van der Waals surface area contributed by atoms with Gasteiger partial charge in [-0.25, -0.2) is 0 Å². The second-order valence-corrected chi connectivity index (χ2v) is 3.61. The van der Waals surface area contributed by atoms with E-state index in [0.717, 1.165) is 11.3 Å². The Morgan fingerprint density at radius 2 is 2.54 bits per heavy atom. The monoisotopic (exact) mass is 190 g/mol. The lowest BCUT2D eigenvalue weighted by molar-refractivity contribution is 1.24. The normalized spacial score (nSPS) is 10.2. The van der Waals surface area contributed by atoms with Crippen molar-refractivity contribution in [3.8, 4) is 6.07 Å². The van der Waals surface area contributed by atoms with Crippen LogP contribution >= 0.6 is 11.8 Å². The Bertz CT molecular complexity index is 339. The van der Waals surface area contributed by atoms with Crippen molar-refractivity contribution >= 4 is 17.8 Å². The third kappa shape index (κ3) is 2.92. The number of pyridine rings is 1. The third-order valence-corrected chi connectivity index (χ3v) is 2.42. The lowest BCUT2D eigenvalue weighted by atomic mass is 10.2. The van der Waals surface area contributed by atoms with Crippen molar-refractivity contribution in [2.24, 2.45) is 0 Å². The Morgan fingerprint density at radius 1 is 1.69 bits per heavy atom. The van der Waals surface area contributed by atoms with Crippen molar-refractivity contribution in [1.82, 2.24) is 4.98 Å². The molecule has 1 aromatic heterocycles. The van der Waals surface area contributed by atoms with Crippen LogP contribution in [0.3, 0.4) is 0 Å². The van der Waals surface area contributed by atoms with E-state index in [4.69, 9.17) is 5.26 Å². The number of aromatic nitrogens is 1. The van der Waals surface area contributed by atoms with Crippen molar-refractivity contribution < 1.29 is 0 Å². The van der Waals surface area contributed by atoms with Gasteiger partial charge in [0.1, 0.15) is 0 Å². The summed E-state index contributed by atoms with van der Waals surface area (Å²) in [4.78, 5) is 5.18. The van der Waals surface area contributed by atoms with Gasteiger partial charge in [0.25, 0.3) is 0 Å². The third-order valence-electron chi connectivity index (χ3n) is 1.45. The zero-order chi connectivity index (χ0) is 9.52. The Hall–Kier alpha value is -1.27. The van der Waals surface area contributed by atoms with Crippen LogP contribution in [0.1, 0.15) is 12.5 Å². The molecule has 1 rings (SSSR count). The fourth-order valence-corrected chi connectivity index (χ4v) is 1.69. The predicted octanol–water partition coefficient (Wildman–Crippen LogP) is 2.73. The molecule has 0 aliphatic carbocycles. The van der Waals surface area contributed by atoms with E-state index >= 15 is 0 Å². The van der Waals surface area contributed by atoms with Gasteiger partial charge >= 0.3 is 0 Å². The summed E-state index contributed by atoms with van der Waals surface area (Å²) < 4.78 is 0. The molecule has 0 fully saturated rings. The van der Waals surface area contributed by atoms with Crippen LogP contribution in [0, 0.1) is 11.3 Å². The van der Waals surface area contributed by atoms with Gasteiger partial charge in [-0.2, -0.15) is 5.26 Å². The van der Waals surface area contributed by atoms with E-state index in [1.807, 2.05) is 12.1 Å². The van der Waals surface area contributed by atoms with Gasteiger partial charge in [-0.15, -0.1) is 11.8 Å². The molecule has 0 radical (unpaired) electrons. The summed E-state index contributed by atoms with van der Waals surface area (Å²) in [5, 5.41) is 8.38. The van der Waals surface area contributed by atoms with Crippen LogP contribution in [0.4, 0.5) is 0 Å². The summed E-state index contributed by atoms with van der Waals surface area (Å²) in [6, 6.07) is 3.93. The number of nitrogens with zero attached hydrogens (tertiary/aromatic N) is 2. The minimum Gasteiger partial charge on any atom is -0.264 e. The molecule has 1 aromatic rings. The molecule has 2 nitrogen and oxygen atoms in total. The maximum atomic E-state index is 8.38. The SMILES string of the molecule is CCSc1ccncc1C=CC#N. The highest BCUT2D eigenvalue weighted by atomic mass is 32.2. The first-order chi connectivity index (χ1) is 6.38. The topological polar surface area (TPSA) is 36.7 Å². The van der Waals surface area contributed by atoms with Gasteiger partial charge < -0.3 is 0 Å². The van der Waals surface area contributed by atoms with Crippen molar-refractivity contribution in [1.29, 1.82) is 5.26 Å². The fourth-order valence-electron chi connectivity index (χ4n) is 0.933. The molecule has 0 aliphatic rings. The molecular formula is C10H10N2S. The first-order valence-electron chi connectivity index (χ1n) is 4.01. The van der Waals surface area contributed by atoms with E-state index < -0.39 is 0 Å². The molecule has 0 N–H and O–H groups in total. The second-order valence-electron chi connectivity index (χ2n) is 2.31. The molecule has 0 saturated heterocycles. The Morgan fingerprint density at radius 3 is 3.23 bits per heavy atom. The number of thioether (sulfide) groups is 1. The van der Waals surface area contributed by atoms with Crippen LogP contribution in [0.2, 0.25) is 0 Å². The molecule has 1 heterocycles. The number of hydrogen-bond acceptors (Lipinski definition) is 3. The summed E-state index contributed by atoms with van der Waals surface area (Å²) in [6.45, 7) is 2.10. The highest BCUT2D eigenvalue weighted by Gasteiger charge is 1.97. The summed E-state index contributed by atoms with van der Waals surface area (Å²) in [6.07, 6.45) is 6.79. The van der Waals surface area contributed by atoms with E-state index in [2.05, 4.69) is 11.9 Å². The highest BCUT2D eigenvalue weighted by Crippen LogP contribution is 2.22. The molecule has 13 heavy (non-hydrogen) atoms. The van der Waals surface area contributed by atoms with E-state index in [1.165, 1.54) is 11.0 Å². The second kappa shape index (κ2) is 5.39. The maximum Gasteiger partial charge on any atom is 0.0912 e. The summed E-state index contributed by atoms with van der Waals surface area (Å²) in [5.74, 6) is 1.03. The van der Waals surface area contributed by atoms with Gasteiger partial charge in [-0.3, -0.25) is 4.98 Å². The molecule has 66 valence electrons. The minimum atomic E-state index is 1.01. The van der Waals surface area contributed by atoms with E-state index in [1.54, 1.807) is 30.2 Å². The molecule has 0 saturated carbocycles. The van der Waals surface area contributed by atoms with Crippen LogP contribution < -0.4 is 0 Å². The minimum absolute atomic E-state index is 1.01. The maximum absolute atomic E-state index is 8.38. The average Bonchev–Trinajstić information content (AvgIpc) is 2.17. The summed E-state index contributed by atoms with van der Waals surface area (Å²) in [5.41, 5.74) is 1.01. The van der Waals surface area contributed by atoms with Crippen molar-refractivity contribution in [2.45, 2.75) is 11.8 Å². The van der Waals surface area contributed by atoms with E-state index in [-0.39, 0.29) is 0 Å². The van der Waals surface area contributed by atoms with Crippen molar-refractivity contribution in [3.05, 3.63) is 30.1 Å². The van der Waals surface area contributed by atoms with Crippen molar-refractivity contribution in [2.75, 3.05) is 5.75 Å². The van der Waals surface area contributed by atoms with Gasteiger partial charge in [-0.1, -0.05) is 6.92 Å². The summed E-state index contributed by atoms with van der Waals surface area (Å²) in [7, 11) is 0. The largest absolute Gasteiger partial charge is 0.264 e. The number of nitriles is 1. The van der Waals surface area contributed by atoms with Crippen LogP contribution in [0.25, 0.3) is 6.08 Å². The van der Waals surface area contributed by atoms with Crippen LogP contribution in [-0.2, 0) is 0 Å². The van der Waals surface area contributed by atoms with Crippen molar-refractivity contribution in [3.63, 3.8) is 0 Å². The molecule has 0 atom stereocenters. The predicted molar refractivity (Wildman–Crippen MR) is 55.3 cm³/mol. The van der Waals surface area contributed by atoms with Gasteiger partial charge in [0.2, 0.25) is 0 Å². The fraction of sp³-hybridized carbons (Fsp3) is 0.200. The highest BCUT2D eigenvalue weighted by molar-refractivity contribution is 7.99. The molecular weight excluding hydrogens is 180 g/mol. The zero-order valence-corrected chi connectivity index (χ0v) is 8.21. The van der Waals surface area contributed by atoms with Gasteiger partial charge in [-0.05, 0) is 17.9 Å². The first kappa shape index (κ1) is 9.82. The Balaban J connectivity index is 2.92. The average molecular weight is 190 g/mol. The standard InChI is InChI=1S/C10H10N2S/c1-2-13-10-5-7-12-8-9(10)4-3-6-11/h3-5,7-8H,2H2,1H3. The summed E-state index contributed by atoms with van der Waals surface area (Å²) >= 11 is 1.75. The lowest BCUT2D eigenvalue weighted by Gasteiger charge is -2.01. The molecule has 0 unspecified atom stereocenters. The van der Waals surface area contributed by atoms with E-state index in [0.29, 0.717) is 0 Å². The number of allylic oxidation sites excluding steroid dienone is 1. The molecule has 0 bridgehead atoms. The molecule has 0 aromatic carbocycles. The van der Waals surface area contributed by atoms with Gasteiger partial charge in [0.15, 0.2) is 0 Å². The number of hydrogen-bond donors (Lipinski definition) is 0. The van der Waals surface area contributed by atoms with Gasteiger partial charge in [0.05, 0.1) is 6.07 Å². The van der Waals surface area contributed by atoms with Gasteiger partial charge in [0, 0.05) is 28.9 Å². The van der Waals surface area contributed by atoms with Crippen LogP contribution in [0.5, 0.6) is 0 Å². The first-order valence-corrected chi connectivity index (χ1v) is 5.00. The molecule has 0 amide bonds. The quantitative estimate of drug-likeness (QED) is 0.543. The molecule has 3 heteroatoms. The molecule has 0 aliphatic heterocycles. The molecule has 0 spiro atoms. The van der Waals surface area contributed by atoms with E-state index in [9.17, 15) is 0 Å².